The molecule has 0 saturated carbocycles. The van der Waals surface area contributed by atoms with E-state index in [0.29, 0.717) is 44.2 Å². The van der Waals surface area contributed by atoms with Gasteiger partial charge in [-0.05, 0) is 36.1 Å². The first-order valence-corrected chi connectivity index (χ1v) is 11.0. The van der Waals surface area contributed by atoms with Gasteiger partial charge in [-0.1, -0.05) is 54.1 Å². The van der Waals surface area contributed by atoms with Crippen molar-refractivity contribution in [2.75, 3.05) is 39.5 Å². The lowest BCUT2D eigenvalue weighted by molar-refractivity contribution is -0.131. The van der Waals surface area contributed by atoms with E-state index in [2.05, 4.69) is 34.5 Å². The molecule has 2 aliphatic rings. The molecule has 2 heterocycles. The van der Waals surface area contributed by atoms with Gasteiger partial charge in [0.25, 0.3) is 0 Å². The maximum absolute atomic E-state index is 13.4. The molecule has 5 nitrogen and oxygen atoms in total. The molecule has 2 aromatic rings. The van der Waals surface area contributed by atoms with Crippen LogP contribution in [0.3, 0.4) is 0 Å². The maximum Gasteiger partial charge on any atom is 0.230 e. The van der Waals surface area contributed by atoms with Crippen molar-refractivity contribution in [3.63, 3.8) is 0 Å². The fraction of sp³-hybridized carbons (Fsp3) is 0.458. The van der Waals surface area contributed by atoms with Gasteiger partial charge >= 0.3 is 0 Å². The lowest BCUT2D eigenvalue weighted by atomic mass is 9.73. The minimum absolute atomic E-state index is 0.00600. The molecule has 0 bridgehead atoms. The third-order valence-electron chi connectivity index (χ3n) is 6.14. The Morgan fingerprint density at radius 3 is 2.53 bits per heavy atom. The minimum Gasteiger partial charge on any atom is -0.381 e. The van der Waals surface area contributed by atoms with Gasteiger partial charge in [-0.25, -0.2) is 0 Å². The first kappa shape index (κ1) is 21.3. The predicted octanol–water partition coefficient (Wildman–Crippen LogP) is 3.41. The van der Waals surface area contributed by atoms with E-state index in [-0.39, 0.29) is 12.0 Å². The minimum atomic E-state index is -0.568. The van der Waals surface area contributed by atoms with Crippen LogP contribution in [0.25, 0.3) is 0 Å². The van der Waals surface area contributed by atoms with Crippen LogP contribution in [0.15, 0.2) is 54.6 Å². The largest absolute Gasteiger partial charge is 0.381 e. The van der Waals surface area contributed by atoms with E-state index in [0.717, 1.165) is 25.2 Å². The molecule has 2 aliphatic heterocycles. The number of hydrogen-bond donors (Lipinski definition) is 1. The van der Waals surface area contributed by atoms with Crippen LogP contribution >= 0.6 is 11.6 Å². The van der Waals surface area contributed by atoms with Gasteiger partial charge in [0.2, 0.25) is 5.91 Å². The third kappa shape index (κ3) is 5.03. The highest BCUT2D eigenvalue weighted by Gasteiger charge is 2.41. The monoisotopic (exact) mass is 428 g/mol. The summed E-state index contributed by atoms with van der Waals surface area (Å²) in [6, 6.07) is 18.1. The highest BCUT2D eigenvalue weighted by Crippen LogP contribution is 2.35. The Hall–Kier alpha value is -1.92. The topological polar surface area (TPSA) is 50.8 Å². The van der Waals surface area contributed by atoms with Crippen LogP contribution in [-0.2, 0) is 26.2 Å². The van der Waals surface area contributed by atoms with Gasteiger partial charge in [-0.3, -0.25) is 9.69 Å². The van der Waals surface area contributed by atoms with Gasteiger partial charge < -0.3 is 14.8 Å². The number of nitrogens with one attached hydrogen (secondary N) is 1. The summed E-state index contributed by atoms with van der Waals surface area (Å²) < 4.78 is 11.5. The summed E-state index contributed by atoms with van der Waals surface area (Å²) in [4.78, 5) is 15.7. The van der Waals surface area contributed by atoms with Gasteiger partial charge in [-0.2, -0.15) is 0 Å². The Morgan fingerprint density at radius 2 is 1.80 bits per heavy atom. The molecule has 1 N–H and O–H groups in total. The summed E-state index contributed by atoms with van der Waals surface area (Å²) in [6.45, 7) is 4.99. The molecule has 1 atom stereocenters. The average molecular weight is 429 g/mol. The Kier molecular flexibility index (Phi) is 7.05. The predicted molar refractivity (Wildman–Crippen MR) is 118 cm³/mol. The van der Waals surface area contributed by atoms with Crippen LogP contribution in [0, 0.1) is 0 Å². The van der Waals surface area contributed by atoms with Crippen LogP contribution in [0.5, 0.6) is 0 Å². The number of halogens is 1. The molecule has 30 heavy (non-hydrogen) atoms. The third-order valence-corrected chi connectivity index (χ3v) is 6.39. The summed E-state index contributed by atoms with van der Waals surface area (Å²) in [6.07, 6.45) is 1.34. The highest BCUT2D eigenvalue weighted by molar-refractivity contribution is 6.30. The van der Waals surface area contributed by atoms with Gasteiger partial charge in [0.15, 0.2) is 0 Å². The second-order valence-electron chi connectivity index (χ2n) is 8.12. The lowest BCUT2D eigenvalue weighted by Crippen LogP contribution is -2.52. The first-order chi connectivity index (χ1) is 14.7. The smallest absolute Gasteiger partial charge is 0.230 e. The summed E-state index contributed by atoms with van der Waals surface area (Å²) in [5, 5.41) is 3.86. The maximum atomic E-state index is 13.4. The normalized spacial score (nSPS) is 21.8. The first-order valence-electron chi connectivity index (χ1n) is 10.7. The second-order valence-corrected chi connectivity index (χ2v) is 8.56. The zero-order chi connectivity index (χ0) is 20.8. The van der Waals surface area contributed by atoms with Gasteiger partial charge in [0.05, 0.1) is 18.1 Å². The molecule has 0 aliphatic carbocycles. The molecule has 2 saturated heterocycles. The second kappa shape index (κ2) is 9.92. The quantitative estimate of drug-likeness (QED) is 0.766. The van der Waals surface area contributed by atoms with Gasteiger partial charge in [-0.15, -0.1) is 0 Å². The van der Waals surface area contributed by atoms with Crippen molar-refractivity contribution in [3.05, 3.63) is 70.7 Å². The number of carbonyl (C=O) groups excluding carboxylic acids is 1. The van der Waals surface area contributed by atoms with E-state index in [9.17, 15) is 4.79 Å². The van der Waals surface area contributed by atoms with E-state index in [4.69, 9.17) is 21.1 Å². The van der Waals surface area contributed by atoms with E-state index >= 15 is 0 Å². The zero-order valence-corrected chi connectivity index (χ0v) is 17.9. The number of nitrogens with zero attached hydrogens (tertiary/aromatic N) is 1. The molecule has 0 radical (unpaired) electrons. The number of rotatable bonds is 6. The van der Waals surface area contributed by atoms with Crippen molar-refractivity contribution < 1.29 is 14.3 Å². The summed E-state index contributed by atoms with van der Waals surface area (Å²) in [5.41, 5.74) is 1.73. The lowest BCUT2D eigenvalue weighted by Gasteiger charge is -2.37. The van der Waals surface area contributed by atoms with Crippen LogP contribution < -0.4 is 5.32 Å². The van der Waals surface area contributed by atoms with E-state index < -0.39 is 5.41 Å². The Balaban J connectivity index is 1.37. The van der Waals surface area contributed by atoms with Crippen molar-refractivity contribution in [2.45, 2.75) is 30.9 Å². The Labute approximate surface area is 183 Å². The van der Waals surface area contributed by atoms with E-state index in [1.165, 1.54) is 5.56 Å². The Morgan fingerprint density at radius 1 is 1.07 bits per heavy atom. The number of amides is 1. The molecule has 160 valence electrons. The Bertz CT molecular complexity index is 822. The highest BCUT2D eigenvalue weighted by atomic mass is 35.5. The van der Waals surface area contributed by atoms with Crippen LogP contribution in [0.4, 0.5) is 0 Å². The van der Waals surface area contributed by atoms with Crippen LogP contribution in [0.2, 0.25) is 5.02 Å². The molecule has 4 rings (SSSR count). The van der Waals surface area contributed by atoms with Gasteiger partial charge in [0, 0.05) is 44.4 Å². The van der Waals surface area contributed by atoms with E-state index in [1.807, 2.05) is 30.3 Å². The molecule has 0 aromatic heterocycles. The molecule has 2 fully saturated rings. The molecule has 2 aromatic carbocycles. The summed E-state index contributed by atoms with van der Waals surface area (Å²) >= 11 is 6.06. The molecule has 1 amide bonds. The van der Waals surface area contributed by atoms with Crippen molar-refractivity contribution >= 4 is 17.5 Å². The standard InChI is InChI=1S/C24H29ClN2O3/c25-21-8-6-20(7-9-21)24(10-13-29-14-11-24)23(28)26-16-22-18-27(12-15-30-22)17-19-4-2-1-3-5-19/h1-9,22H,10-18H2,(H,26,28). The number of hydrogen-bond acceptors (Lipinski definition) is 4. The number of morpholine rings is 1. The fourth-order valence-electron chi connectivity index (χ4n) is 4.40. The van der Waals surface area contributed by atoms with Crippen molar-refractivity contribution in [1.82, 2.24) is 10.2 Å². The molecular weight excluding hydrogens is 400 g/mol. The fourth-order valence-corrected chi connectivity index (χ4v) is 4.53. The summed E-state index contributed by atoms with van der Waals surface area (Å²) in [7, 11) is 0. The van der Waals surface area contributed by atoms with Gasteiger partial charge in [0.1, 0.15) is 0 Å². The zero-order valence-electron chi connectivity index (χ0n) is 17.2. The van der Waals surface area contributed by atoms with Crippen molar-refractivity contribution in [1.29, 1.82) is 0 Å². The summed E-state index contributed by atoms with van der Waals surface area (Å²) in [5.74, 6) is 0.0527. The number of ether oxygens (including phenoxy) is 2. The van der Waals surface area contributed by atoms with Crippen molar-refractivity contribution in [2.24, 2.45) is 0 Å². The van der Waals surface area contributed by atoms with E-state index in [1.54, 1.807) is 0 Å². The number of benzene rings is 2. The van der Waals surface area contributed by atoms with Crippen LogP contribution in [0.1, 0.15) is 24.0 Å². The molecular formula is C24H29ClN2O3. The molecule has 1 unspecified atom stereocenters. The van der Waals surface area contributed by atoms with Crippen molar-refractivity contribution in [3.8, 4) is 0 Å². The molecule has 0 spiro atoms. The average Bonchev–Trinajstić information content (AvgIpc) is 2.79. The SMILES string of the molecule is O=C(NCC1CN(Cc2ccccc2)CCO1)C1(c2ccc(Cl)cc2)CCOCC1. The molecule has 6 heteroatoms. The van der Waals surface area contributed by atoms with Crippen LogP contribution in [-0.4, -0.2) is 56.4 Å². The number of carbonyl (C=O) groups is 1.